The Kier molecular flexibility index (Phi) is 6.95. The number of aryl methyl sites for hydroxylation is 1. The van der Waals surface area contributed by atoms with E-state index in [4.69, 9.17) is 0 Å². The van der Waals surface area contributed by atoms with Crippen LogP contribution in [0.3, 0.4) is 0 Å². The molecule has 0 aliphatic rings. The van der Waals surface area contributed by atoms with Crippen LogP contribution in [0.5, 0.6) is 0 Å². The molecule has 0 unspecified atom stereocenters. The SMILES string of the molecule is Cc1cccc(NC(=O)c2ccccc2NC(=O)CCNC(=O)c2ccccc2)c1. The molecule has 3 N–H and O–H groups in total. The average molecular weight is 401 g/mol. The molecule has 3 amide bonds. The Balaban J connectivity index is 1.56. The largest absolute Gasteiger partial charge is 0.352 e. The maximum Gasteiger partial charge on any atom is 0.257 e. The highest BCUT2D eigenvalue weighted by molar-refractivity contribution is 6.10. The van der Waals surface area contributed by atoms with Gasteiger partial charge in [-0.2, -0.15) is 0 Å². The molecule has 0 aliphatic carbocycles. The summed E-state index contributed by atoms with van der Waals surface area (Å²) in [7, 11) is 0. The second-order valence-electron chi connectivity index (χ2n) is 6.79. The van der Waals surface area contributed by atoms with E-state index >= 15 is 0 Å². The summed E-state index contributed by atoms with van der Waals surface area (Å²) in [6.07, 6.45) is 0.0897. The molecule has 3 aromatic rings. The quantitative estimate of drug-likeness (QED) is 0.559. The first-order valence-electron chi connectivity index (χ1n) is 9.63. The lowest BCUT2D eigenvalue weighted by Gasteiger charge is -2.12. The van der Waals surface area contributed by atoms with E-state index in [0.29, 0.717) is 22.5 Å². The molecule has 6 heteroatoms. The lowest BCUT2D eigenvalue weighted by molar-refractivity contribution is -0.116. The first-order chi connectivity index (χ1) is 14.5. The zero-order chi connectivity index (χ0) is 21.3. The second-order valence-corrected chi connectivity index (χ2v) is 6.79. The molecule has 0 radical (unpaired) electrons. The Bertz CT molecular complexity index is 1050. The lowest BCUT2D eigenvalue weighted by atomic mass is 10.1. The molecule has 0 saturated heterocycles. The summed E-state index contributed by atoms with van der Waals surface area (Å²) in [6, 6.07) is 23.1. The van der Waals surface area contributed by atoms with Crippen molar-refractivity contribution in [3.05, 3.63) is 95.6 Å². The molecule has 0 spiro atoms. The minimum atomic E-state index is -0.311. The van der Waals surface area contributed by atoms with Crippen LogP contribution in [0.1, 0.15) is 32.7 Å². The highest BCUT2D eigenvalue weighted by Gasteiger charge is 2.14. The van der Waals surface area contributed by atoms with Crippen LogP contribution >= 0.6 is 0 Å². The molecule has 0 fully saturated rings. The summed E-state index contributed by atoms with van der Waals surface area (Å²) in [5.41, 5.74) is 3.04. The van der Waals surface area contributed by atoms with Crippen LogP contribution in [-0.2, 0) is 4.79 Å². The molecule has 0 atom stereocenters. The fraction of sp³-hybridized carbons (Fsp3) is 0.125. The molecule has 0 aliphatic heterocycles. The zero-order valence-electron chi connectivity index (χ0n) is 16.6. The van der Waals surface area contributed by atoms with Gasteiger partial charge in [0.25, 0.3) is 11.8 Å². The molecular formula is C24H23N3O3. The van der Waals surface area contributed by atoms with Gasteiger partial charge in [0.05, 0.1) is 11.3 Å². The van der Waals surface area contributed by atoms with Gasteiger partial charge in [-0.3, -0.25) is 14.4 Å². The third-order valence-electron chi connectivity index (χ3n) is 4.40. The standard InChI is InChI=1S/C24H23N3O3/c1-17-8-7-11-19(16-17)26-24(30)20-12-5-6-13-21(20)27-22(28)14-15-25-23(29)18-9-3-2-4-10-18/h2-13,16H,14-15H2,1H3,(H,25,29)(H,26,30)(H,27,28). The Morgan fingerprint density at radius 2 is 1.50 bits per heavy atom. The topological polar surface area (TPSA) is 87.3 Å². The smallest absolute Gasteiger partial charge is 0.257 e. The van der Waals surface area contributed by atoms with E-state index in [9.17, 15) is 14.4 Å². The third-order valence-corrected chi connectivity index (χ3v) is 4.40. The Hall–Kier alpha value is -3.93. The van der Waals surface area contributed by atoms with Crippen molar-refractivity contribution in [3.8, 4) is 0 Å². The maximum atomic E-state index is 12.7. The lowest BCUT2D eigenvalue weighted by Crippen LogP contribution is -2.28. The van der Waals surface area contributed by atoms with E-state index in [0.717, 1.165) is 5.56 Å². The molecule has 0 heterocycles. The molecule has 3 rings (SSSR count). The number of nitrogens with one attached hydrogen (secondary N) is 3. The van der Waals surface area contributed by atoms with Gasteiger partial charge in [0.1, 0.15) is 0 Å². The van der Waals surface area contributed by atoms with Gasteiger partial charge < -0.3 is 16.0 Å². The minimum Gasteiger partial charge on any atom is -0.352 e. The predicted molar refractivity (Wildman–Crippen MR) is 118 cm³/mol. The summed E-state index contributed by atoms with van der Waals surface area (Å²) in [6.45, 7) is 2.14. The van der Waals surface area contributed by atoms with Crippen LogP contribution in [0.2, 0.25) is 0 Å². The molecular weight excluding hydrogens is 378 g/mol. The summed E-state index contributed by atoms with van der Waals surface area (Å²) in [5, 5.41) is 8.30. The van der Waals surface area contributed by atoms with Crippen LogP contribution in [0, 0.1) is 6.92 Å². The number of carbonyl (C=O) groups is 3. The van der Waals surface area contributed by atoms with Crippen LogP contribution in [0.15, 0.2) is 78.9 Å². The normalized spacial score (nSPS) is 10.2. The van der Waals surface area contributed by atoms with Gasteiger partial charge in [-0.1, -0.05) is 42.5 Å². The highest BCUT2D eigenvalue weighted by Crippen LogP contribution is 2.18. The number of benzene rings is 3. The molecule has 152 valence electrons. The molecule has 30 heavy (non-hydrogen) atoms. The van der Waals surface area contributed by atoms with Crippen LogP contribution in [-0.4, -0.2) is 24.3 Å². The van der Waals surface area contributed by atoms with E-state index in [1.165, 1.54) is 0 Å². The van der Waals surface area contributed by atoms with E-state index in [1.807, 2.05) is 37.3 Å². The summed E-state index contributed by atoms with van der Waals surface area (Å²) in [4.78, 5) is 37.0. The summed E-state index contributed by atoms with van der Waals surface area (Å²) >= 11 is 0. The van der Waals surface area contributed by atoms with Gasteiger partial charge in [0.2, 0.25) is 5.91 Å². The number of hydrogen-bond donors (Lipinski definition) is 3. The fourth-order valence-electron chi connectivity index (χ4n) is 2.91. The van der Waals surface area contributed by atoms with Crippen LogP contribution in [0.25, 0.3) is 0 Å². The monoisotopic (exact) mass is 401 g/mol. The zero-order valence-corrected chi connectivity index (χ0v) is 16.6. The maximum absolute atomic E-state index is 12.7. The molecule has 0 saturated carbocycles. The average Bonchev–Trinajstić information content (AvgIpc) is 2.74. The van der Waals surface area contributed by atoms with Crippen molar-refractivity contribution < 1.29 is 14.4 Å². The van der Waals surface area contributed by atoms with Gasteiger partial charge in [-0.05, 0) is 48.9 Å². The first kappa shape index (κ1) is 20.8. The van der Waals surface area contributed by atoms with E-state index in [1.54, 1.807) is 48.5 Å². The van der Waals surface area contributed by atoms with Crippen LogP contribution in [0.4, 0.5) is 11.4 Å². The Labute approximate surface area is 175 Å². The van der Waals surface area contributed by atoms with Gasteiger partial charge in [-0.25, -0.2) is 0 Å². The number of carbonyl (C=O) groups excluding carboxylic acids is 3. The Morgan fingerprint density at radius 1 is 0.767 bits per heavy atom. The number of anilines is 2. The van der Waals surface area contributed by atoms with Gasteiger partial charge in [0, 0.05) is 24.2 Å². The molecule has 6 nitrogen and oxygen atoms in total. The van der Waals surface area contributed by atoms with Crippen molar-refractivity contribution in [2.24, 2.45) is 0 Å². The summed E-state index contributed by atoms with van der Waals surface area (Å²) < 4.78 is 0. The van der Waals surface area contributed by atoms with Gasteiger partial charge in [0.15, 0.2) is 0 Å². The highest BCUT2D eigenvalue weighted by atomic mass is 16.2. The van der Waals surface area contributed by atoms with E-state index < -0.39 is 0 Å². The van der Waals surface area contributed by atoms with Crippen molar-refractivity contribution >= 4 is 29.1 Å². The number of amides is 3. The van der Waals surface area contributed by atoms with Crippen molar-refractivity contribution in [2.75, 3.05) is 17.2 Å². The van der Waals surface area contributed by atoms with E-state index in [2.05, 4.69) is 16.0 Å². The molecule has 0 aromatic heterocycles. The Morgan fingerprint density at radius 3 is 2.27 bits per heavy atom. The van der Waals surface area contributed by atoms with Crippen molar-refractivity contribution in [3.63, 3.8) is 0 Å². The number of rotatable bonds is 7. The third kappa shape index (κ3) is 5.78. The van der Waals surface area contributed by atoms with Crippen molar-refractivity contribution in [1.29, 1.82) is 0 Å². The number of hydrogen-bond acceptors (Lipinski definition) is 3. The van der Waals surface area contributed by atoms with E-state index in [-0.39, 0.29) is 30.7 Å². The number of para-hydroxylation sites is 1. The van der Waals surface area contributed by atoms with Gasteiger partial charge >= 0.3 is 0 Å². The van der Waals surface area contributed by atoms with Crippen LogP contribution < -0.4 is 16.0 Å². The second kappa shape index (κ2) is 10.0. The first-order valence-corrected chi connectivity index (χ1v) is 9.63. The van der Waals surface area contributed by atoms with Crippen molar-refractivity contribution in [2.45, 2.75) is 13.3 Å². The van der Waals surface area contributed by atoms with Gasteiger partial charge in [-0.15, -0.1) is 0 Å². The molecule has 0 bridgehead atoms. The van der Waals surface area contributed by atoms with Crippen molar-refractivity contribution in [1.82, 2.24) is 5.32 Å². The fourth-order valence-corrected chi connectivity index (χ4v) is 2.91. The molecule has 3 aromatic carbocycles. The predicted octanol–water partition coefficient (Wildman–Crippen LogP) is 4.01. The minimum absolute atomic E-state index is 0.0897. The summed E-state index contributed by atoms with van der Waals surface area (Å²) in [5.74, 6) is -0.839.